The molecule has 0 aromatic carbocycles. The second-order valence-electron chi connectivity index (χ2n) is 3.99. The molecule has 92 valence electrons. The Balaban J connectivity index is 2.43. The minimum absolute atomic E-state index is 0.410. The second-order valence-corrected chi connectivity index (χ2v) is 5.19. The fourth-order valence-electron chi connectivity index (χ4n) is 1.85. The van der Waals surface area contributed by atoms with Crippen molar-refractivity contribution >= 4 is 33.9 Å². The highest BCUT2D eigenvalue weighted by Gasteiger charge is 2.21. The van der Waals surface area contributed by atoms with E-state index in [4.69, 9.17) is 16.7 Å². The van der Waals surface area contributed by atoms with Gasteiger partial charge in [-0.15, -0.1) is 11.3 Å². The molecule has 1 atom stereocenters. The summed E-state index contributed by atoms with van der Waals surface area (Å²) < 4.78 is 1.94. The van der Waals surface area contributed by atoms with Crippen molar-refractivity contribution in [2.24, 2.45) is 5.92 Å². The minimum Gasteiger partial charge on any atom is -0.481 e. The largest absolute Gasteiger partial charge is 0.481 e. The summed E-state index contributed by atoms with van der Waals surface area (Å²) in [5, 5.41) is 11.5. The molecule has 0 aliphatic heterocycles. The van der Waals surface area contributed by atoms with Crippen molar-refractivity contribution in [1.29, 1.82) is 0 Å². The monoisotopic (exact) mass is 272 g/mol. The molecule has 0 saturated heterocycles. The molecule has 4 nitrogen and oxygen atoms in total. The summed E-state index contributed by atoms with van der Waals surface area (Å²) in [5.74, 6) is -1.20. The number of halogens is 1. The zero-order valence-corrected chi connectivity index (χ0v) is 11.2. The van der Waals surface area contributed by atoms with E-state index < -0.39 is 11.9 Å². The van der Waals surface area contributed by atoms with Crippen LogP contribution in [0.2, 0.25) is 5.15 Å². The van der Waals surface area contributed by atoms with E-state index in [1.165, 1.54) is 11.3 Å². The third-order valence-corrected chi connectivity index (χ3v) is 4.11. The van der Waals surface area contributed by atoms with E-state index in [-0.39, 0.29) is 0 Å². The highest BCUT2D eigenvalue weighted by atomic mass is 35.5. The third kappa shape index (κ3) is 2.17. The number of aliphatic carboxylic acids is 1. The molecule has 0 bridgehead atoms. The van der Waals surface area contributed by atoms with Gasteiger partial charge in [0.1, 0.15) is 0 Å². The fourth-order valence-corrected chi connectivity index (χ4v) is 3.03. The third-order valence-electron chi connectivity index (χ3n) is 2.86. The number of imidazole rings is 1. The van der Waals surface area contributed by atoms with Crippen molar-refractivity contribution in [3.05, 3.63) is 21.9 Å². The maximum absolute atomic E-state index is 11.1. The first-order valence-corrected chi connectivity index (χ1v) is 6.64. The molecule has 17 heavy (non-hydrogen) atoms. The number of thiazole rings is 1. The Morgan fingerprint density at radius 2 is 2.41 bits per heavy atom. The molecular formula is C11H13ClN2O2S. The lowest BCUT2D eigenvalue weighted by Crippen LogP contribution is -2.16. The highest BCUT2D eigenvalue weighted by molar-refractivity contribution is 7.15. The zero-order valence-electron chi connectivity index (χ0n) is 9.61. The lowest BCUT2D eigenvalue weighted by molar-refractivity contribution is -0.141. The van der Waals surface area contributed by atoms with Crippen molar-refractivity contribution in [2.75, 3.05) is 0 Å². The van der Waals surface area contributed by atoms with Gasteiger partial charge in [-0.2, -0.15) is 0 Å². The van der Waals surface area contributed by atoms with E-state index in [1.54, 1.807) is 0 Å². The van der Waals surface area contributed by atoms with E-state index in [1.807, 2.05) is 23.6 Å². The Morgan fingerprint density at radius 1 is 1.71 bits per heavy atom. The van der Waals surface area contributed by atoms with Crippen LogP contribution in [-0.2, 0) is 11.2 Å². The lowest BCUT2D eigenvalue weighted by Gasteiger charge is -2.09. The van der Waals surface area contributed by atoms with Gasteiger partial charge >= 0.3 is 5.97 Å². The van der Waals surface area contributed by atoms with Crippen LogP contribution in [0.1, 0.15) is 24.7 Å². The molecule has 0 amide bonds. The van der Waals surface area contributed by atoms with Crippen molar-refractivity contribution in [1.82, 2.24) is 9.38 Å². The average molecular weight is 273 g/mol. The van der Waals surface area contributed by atoms with Crippen LogP contribution in [0, 0.1) is 12.8 Å². The fraction of sp³-hybridized carbons (Fsp3) is 0.455. The van der Waals surface area contributed by atoms with Gasteiger partial charge < -0.3 is 5.11 Å². The number of rotatable bonds is 4. The number of hydrogen-bond donors (Lipinski definition) is 1. The van der Waals surface area contributed by atoms with Crippen LogP contribution >= 0.6 is 22.9 Å². The molecule has 0 spiro atoms. The first-order chi connectivity index (χ1) is 8.04. The van der Waals surface area contributed by atoms with E-state index in [2.05, 4.69) is 4.98 Å². The van der Waals surface area contributed by atoms with Gasteiger partial charge in [0.05, 0.1) is 11.6 Å². The summed E-state index contributed by atoms with van der Waals surface area (Å²) in [4.78, 5) is 16.1. The maximum Gasteiger partial charge on any atom is 0.306 e. The van der Waals surface area contributed by atoms with E-state index in [9.17, 15) is 4.79 Å². The Morgan fingerprint density at radius 3 is 3.00 bits per heavy atom. The topological polar surface area (TPSA) is 54.6 Å². The first-order valence-electron chi connectivity index (χ1n) is 5.38. The van der Waals surface area contributed by atoms with Crippen molar-refractivity contribution in [2.45, 2.75) is 26.7 Å². The van der Waals surface area contributed by atoms with Crippen LogP contribution in [0.25, 0.3) is 4.96 Å². The normalized spacial score (nSPS) is 13.1. The van der Waals surface area contributed by atoms with Gasteiger partial charge in [-0.3, -0.25) is 9.20 Å². The molecule has 2 heterocycles. The maximum atomic E-state index is 11.1. The minimum atomic E-state index is -0.786. The summed E-state index contributed by atoms with van der Waals surface area (Å²) in [6.45, 7) is 3.83. The van der Waals surface area contributed by atoms with Crippen LogP contribution in [0.15, 0.2) is 5.38 Å². The Labute approximate surface area is 108 Å². The van der Waals surface area contributed by atoms with Crippen LogP contribution < -0.4 is 0 Å². The Kier molecular flexibility index (Phi) is 3.40. The summed E-state index contributed by atoms with van der Waals surface area (Å²) in [5.41, 5.74) is 1.84. The summed E-state index contributed by atoms with van der Waals surface area (Å²) in [6, 6.07) is 0. The number of carboxylic acids is 1. The second kappa shape index (κ2) is 4.66. The number of carbonyl (C=O) groups is 1. The molecule has 0 aliphatic rings. The highest BCUT2D eigenvalue weighted by Crippen LogP contribution is 2.26. The van der Waals surface area contributed by atoms with Crippen LogP contribution in [0.4, 0.5) is 0 Å². The standard InChI is InChI=1S/C11H13ClN2O2S/c1-3-7(10(15)16)4-8-9(12)13-11-14(8)6(2)5-17-11/h5,7H,3-4H2,1-2H3,(H,15,16). The van der Waals surface area contributed by atoms with Gasteiger partial charge in [0.2, 0.25) is 0 Å². The molecule has 1 unspecified atom stereocenters. The quantitative estimate of drug-likeness (QED) is 0.931. The number of hydrogen-bond acceptors (Lipinski definition) is 3. The smallest absolute Gasteiger partial charge is 0.306 e. The number of aryl methyl sites for hydroxylation is 1. The molecule has 0 fully saturated rings. The summed E-state index contributed by atoms with van der Waals surface area (Å²) in [6.07, 6.45) is 1.01. The number of carboxylic acid groups (broad SMARTS) is 1. The van der Waals surface area contributed by atoms with E-state index in [0.29, 0.717) is 18.0 Å². The van der Waals surface area contributed by atoms with Crippen LogP contribution in [0.3, 0.4) is 0 Å². The van der Waals surface area contributed by atoms with Crippen molar-refractivity contribution in [3.8, 4) is 0 Å². The molecule has 2 rings (SSSR count). The van der Waals surface area contributed by atoms with Gasteiger partial charge in [-0.1, -0.05) is 18.5 Å². The van der Waals surface area contributed by atoms with Crippen LogP contribution in [-0.4, -0.2) is 20.5 Å². The zero-order chi connectivity index (χ0) is 12.6. The Bertz CT molecular complexity index is 561. The van der Waals surface area contributed by atoms with Crippen molar-refractivity contribution in [3.63, 3.8) is 0 Å². The molecule has 1 N–H and O–H groups in total. The predicted molar refractivity (Wildman–Crippen MR) is 67.9 cm³/mol. The molecule has 2 aromatic heterocycles. The number of nitrogens with zero attached hydrogens (tertiary/aromatic N) is 2. The van der Waals surface area contributed by atoms with Gasteiger partial charge in [0.25, 0.3) is 0 Å². The lowest BCUT2D eigenvalue weighted by atomic mass is 10.0. The van der Waals surface area contributed by atoms with Gasteiger partial charge in [0, 0.05) is 17.5 Å². The van der Waals surface area contributed by atoms with Gasteiger partial charge in [0.15, 0.2) is 10.1 Å². The summed E-state index contributed by atoms with van der Waals surface area (Å²) in [7, 11) is 0. The number of aromatic nitrogens is 2. The molecule has 6 heteroatoms. The Hall–Kier alpha value is -1.07. The molecule has 0 radical (unpaired) electrons. The van der Waals surface area contributed by atoms with E-state index in [0.717, 1.165) is 16.3 Å². The molecule has 0 saturated carbocycles. The van der Waals surface area contributed by atoms with Crippen LogP contribution in [0.5, 0.6) is 0 Å². The molecule has 2 aromatic rings. The van der Waals surface area contributed by atoms with Gasteiger partial charge in [-0.05, 0) is 13.3 Å². The average Bonchev–Trinajstić information content (AvgIpc) is 2.76. The van der Waals surface area contributed by atoms with Crippen molar-refractivity contribution < 1.29 is 9.90 Å². The molecule has 0 aliphatic carbocycles. The van der Waals surface area contributed by atoms with Gasteiger partial charge in [-0.25, -0.2) is 4.98 Å². The van der Waals surface area contributed by atoms with E-state index >= 15 is 0 Å². The summed E-state index contributed by atoms with van der Waals surface area (Å²) >= 11 is 7.58. The predicted octanol–water partition coefficient (Wildman–Crippen LogP) is 3.01. The molecular weight excluding hydrogens is 260 g/mol. The first kappa shape index (κ1) is 12.4. The SMILES string of the molecule is CCC(Cc1c(Cl)nc2scc(C)n12)C(=O)O. The number of fused-ring (bicyclic) bond motifs is 1.